The van der Waals surface area contributed by atoms with E-state index in [1.54, 1.807) is 0 Å². The van der Waals surface area contributed by atoms with Crippen LogP contribution in [0.3, 0.4) is 0 Å². The minimum atomic E-state index is 0.542. The number of nitrogens with zero attached hydrogens (tertiary/aromatic N) is 2. The summed E-state index contributed by atoms with van der Waals surface area (Å²) >= 11 is 0. The highest BCUT2D eigenvalue weighted by atomic mass is 16.3. The number of rotatable bonds is 3. The molecule has 0 amide bonds. The van der Waals surface area contributed by atoms with Crippen LogP contribution in [-0.4, -0.2) is 43.0 Å². The largest absolute Gasteiger partial charge is 0.459 e. The maximum absolute atomic E-state index is 5.98. The molecule has 102 valence electrons. The highest BCUT2D eigenvalue weighted by Crippen LogP contribution is 2.26. The van der Waals surface area contributed by atoms with Crippen molar-refractivity contribution in [2.24, 2.45) is 5.73 Å². The molecule has 3 rings (SSSR count). The molecule has 0 atom stereocenters. The molecule has 2 N–H and O–H groups in total. The van der Waals surface area contributed by atoms with Crippen LogP contribution in [0.1, 0.15) is 11.3 Å². The van der Waals surface area contributed by atoms with E-state index in [4.69, 9.17) is 10.2 Å². The van der Waals surface area contributed by atoms with Crippen LogP contribution in [0.25, 0.3) is 11.0 Å². The van der Waals surface area contributed by atoms with E-state index in [2.05, 4.69) is 22.9 Å². The van der Waals surface area contributed by atoms with Crippen LogP contribution in [0, 0.1) is 0 Å². The third-order valence-corrected chi connectivity index (χ3v) is 3.95. The molecule has 0 bridgehead atoms. The van der Waals surface area contributed by atoms with Gasteiger partial charge in [0.2, 0.25) is 0 Å². The summed E-state index contributed by atoms with van der Waals surface area (Å²) in [6.45, 7) is 5.85. The second kappa shape index (κ2) is 5.33. The molecule has 4 heteroatoms. The number of hydrogen-bond donors (Lipinski definition) is 1. The van der Waals surface area contributed by atoms with Gasteiger partial charge in [0.1, 0.15) is 11.3 Å². The monoisotopic (exact) mass is 259 g/mol. The molecule has 2 aromatic rings. The zero-order valence-corrected chi connectivity index (χ0v) is 11.4. The standard InChI is InChI=1S/C15H21N3O/c1-17-6-8-18(9-7-17)11-15-13(10-16)12-4-2-3-5-14(12)19-15/h2-5H,6-11,16H2,1H3. The van der Waals surface area contributed by atoms with Gasteiger partial charge in [0.05, 0.1) is 6.54 Å². The first-order valence-corrected chi connectivity index (χ1v) is 6.88. The van der Waals surface area contributed by atoms with Crippen LogP contribution in [0.15, 0.2) is 28.7 Å². The molecule has 19 heavy (non-hydrogen) atoms. The first-order chi connectivity index (χ1) is 9.28. The van der Waals surface area contributed by atoms with E-state index in [1.807, 2.05) is 18.2 Å². The van der Waals surface area contributed by atoms with Crippen molar-refractivity contribution in [2.75, 3.05) is 33.2 Å². The van der Waals surface area contributed by atoms with Crippen LogP contribution in [0.2, 0.25) is 0 Å². The van der Waals surface area contributed by atoms with Gasteiger partial charge in [0.25, 0.3) is 0 Å². The van der Waals surface area contributed by atoms with Gasteiger partial charge in [-0.25, -0.2) is 0 Å². The minimum Gasteiger partial charge on any atom is -0.459 e. The Morgan fingerprint density at radius 1 is 1.16 bits per heavy atom. The van der Waals surface area contributed by atoms with Crippen molar-refractivity contribution in [2.45, 2.75) is 13.1 Å². The number of hydrogen-bond acceptors (Lipinski definition) is 4. The maximum Gasteiger partial charge on any atom is 0.134 e. The van der Waals surface area contributed by atoms with E-state index in [0.717, 1.165) is 55.0 Å². The lowest BCUT2D eigenvalue weighted by atomic mass is 10.1. The molecular weight excluding hydrogens is 238 g/mol. The van der Waals surface area contributed by atoms with Crippen molar-refractivity contribution >= 4 is 11.0 Å². The highest BCUT2D eigenvalue weighted by molar-refractivity contribution is 5.82. The van der Waals surface area contributed by atoms with E-state index in [1.165, 1.54) is 0 Å². The van der Waals surface area contributed by atoms with Crippen LogP contribution in [0.4, 0.5) is 0 Å². The van der Waals surface area contributed by atoms with Crippen molar-refractivity contribution < 1.29 is 4.42 Å². The number of likely N-dealkylation sites (N-methyl/N-ethyl adjacent to an activating group) is 1. The lowest BCUT2D eigenvalue weighted by molar-refractivity contribution is 0.140. The number of fused-ring (bicyclic) bond motifs is 1. The van der Waals surface area contributed by atoms with Gasteiger partial charge in [-0.3, -0.25) is 4.90 Å². The molecule has 0 saturated carbocycles. The fraction of sp³-hybridized carbons (Fsp3) is 0.467. The molecule has 1 fully saturated rings. The Hall–Kier alpha value is -1.36. The maximum atomic E-state index is 5.98. The van der Waals surface area contributed by atoms with Crippen LogP contribution < -0.4 is 5.73 Å². The third-order valence-electron chi connectivity index (χ3n) is 3.95. The van der Waals surface area contributed by atoms with Gasteiger partial charge in [0, 0.05) is 43.7 Å². The van der Waals surface area contributed by atoms with Crippen molar-refractivity contribution in [1.29, 1.82) is 0 Å². The van der Waals surface area contributed by atoms with Gasteiger partial charge >= 0.3 is 0 Å². The topological polar surface area (TPSA) is 45.6 Å². The van der Waals surface area contributed by atoms with E-state index < -0.39 is 0 Å². The first-order valence-electron chi connectivity index (χ1n) is 6.88. The second-order valence-electron chi connectivity index (χ2n) is 5.28. The fourth-order valence-corrected chi connectivity index (χ4v) is 2.71. The van der Waals surface area contributed by atoms with E-state index in [9.17, 15) is 0 Å². The quantitative estimate of drug-likeness (QED) is 0.910. The Bertz CT molecular complexity index is 556. The van der Waals surface area contributed by atoms with Crippen molar-refractivity contribution in [1.82, 2.24) is 9.80 Å². The number of nitrogens with two attached hydrogens (primary N) is 1. The summed E-state index contributed by atoms with van der Waals surface area (Å²) in [5.41, 5.74) is 8.01. The van der Waals surface area contributed by atoms with E-state index in [-0.39, 0.29) is 0 Å². The molecule has 0 unspecified atom stereocenters. The summed E-state index contributed by atoms with van der Waals surface area (Å²) in [6, 6.07) is 8.15. The number of para-hydroxylation sites is 1. The Morgan fingerprint density at radius 3 is 2.63 bits per heavy atom. The van der Waals surface area contributed by atoms with Gasteiger partial charge in [-0.15, -0.1) is 0 Å². The van der Waals surface area contributed by atoms with Crippen LogP contribution in [-0.2, 0) is 13.1 Å². The molecule has 2 heterocycles. The smallest absolute Gasteiger partial charge is 0.134 e. The Labute approximate surface area is 113 Å². The molecule has 4 nitrogen and oxygen atoms in total. The summed E-state index contributed by atoms with van der Waals surface area (Å²) in [7, 11) is 2.17. The second-order valence-corrected chi connectivity index (χ2v) is 5.28. The fourth-order valence-electron chi connectivity index (χ4n) is 2.71. The molecule has 0 radical (unpaired) electrons. The van der Waals surface area contributed by atoms with Crippen molar-refractivity contribution in [3.63, 3.8) is 0 Å². The summed E-state index contributed by atoms with van der Waals surface area (Å²) < 4.78 is 5.98. The lowest BCUT2D eigenvalue weighted by Gasteiger charge is -2.31. The SMILES string of the molecule is CN1CCN(Cc2oc3ccccc3c2CN)CC1. The average molecular weight is 259 g/mol. The van der Waals surface area contributed by atoms with Gasteiger partial charge in [-0.2, -0.15) is 0 Å². The molecule has 0 spiro atoms. The van der Waals surface area contributed by atoms with E-state index in [0.29, 0.717) is 6.54 Å². The molecule has 1 aromatic heterocycles. The summed E-state index contributed by atoms with van der Waals surface area (Å²) in [6.07, 6.45) is 0. The summed E-state index contributed by atoms with van der Waals surface area (Å²) in [4.78, 5) is 4.80. The predicted molar refractivity (Wildman–Crippen MR) is 76.9 cm³/mol. The number of benzene rings is 1. The first kappa shape index (κ1) is 12.7. The molecule has 1 aromatic carbocycles. The Kier molecular flexibility index (Phi) is 3.55. The molecule has 1 aliphatic heterocycles. The summed E-state index contributed by atoms with van der Waals surface area (Å²) in [5, 5.41) is 1.16. The zero-order valence-electron chi connectivity index (χ0n) is 11.4. The third kappa shape index (κ3) is 2.52. The Balaban J connectivity index is 1.84. The Morgan fingerprint density at radius 2 is 1.89 bits per heavy atom. The van der Waals surface area contributed by atoms with Gasteiger partial charge in [-0.05, 0) is 13.1 Å². The van der Waals surface area contributed by atoms with Crippen molar-refractivity contribution in [3.8, 4) is 0 Å². The lowest BCUT2D eigenvalue weighted by Crippen LogP contribution is -2.43. The normalized spacial score (nSPS) is 18.2. The molecule has 1 saturated heterocycles. The molecular formula is C15H21N3O. The van der Waals surface area contributed by atoms with Gasteiger partial charge < -0.3 is 15.1 Å². The van der Waals surface area contributed by atoms with Crippen LogP contribution in [0.5, 0.6) is 0 Å². The van der Waals surface area contributed by atoms with Crippen molar-refractivity contribution in [3.05, 3.63) is 35.6 Å². The highest BCUT2D eigenvalue weighted by Gasteiger charge is 2.18. The number of piperazine rings is 1. The molecule has 1 aliphatic rings. The predicted octanol–water partition coefficient (Wildman–Crippen LogP) is 1.64. The molecule has 0 aliphatic carbocycles. The van der Waals surface area contributed by atoms with E-state index >= 15 is 0 Å². The van der Waals surface area contributed by atoms with Gasteiger partial charge in [-0.1, -0.05) is 18.2 Å². The zero-order chi connectivity index (χ0) is 13.2. The summed E-state index contributed by atoms with van der Waals surface area (Å²) in [5.74, 6) is 1.04. The average Bonchev–Trinajstić information content (AvgIpc) is 2.78. The minimum absolute atomic E-state index is 0.542. The van der Waals surface area contributed by atoms with Gasteiger partial charge in [0.15, 0.2) is 0 Å². The van der Waals surface area contributed by atoms with Crippen LogP contribution >= 0.6 is 0 Å². The number of furan rings is 1.